The van der Waals surface area contributed by atoms with Crippen molar-refractivity contribution >= 4 is 6.40 Å². The normalized spacial score (nSPS) is 13.1. The minimum atomic E-state index is 0.778. The van der Waals surface area contributed by atoms with Crippen LogP contribution in [0, 0.1) is 6.92 Å². The van der Waals surface area contributed by atoms with Crippen molar-refractivity contribution in [2.75, 3.05) is 13.2 Å². The molecule has 0 spiro atoms. The Balaban J connectivity index is 0.000000127. The zero-order valence-corrected chi connectivity index (χ0v) is 7.23. The summed E-state index contributed by atoms with van der Waals surface area (Å²) in [7, 11) is 0. The Morgan fingerprint density at radius 3 is 2.25 bits per heavy atom. The van der Waals surface area contributed by atoms with Crippen LogP contribution in [0.3, 0.4) is 0 Å². The van der Waals surface area contributed by atoms with Gasteiger partial charge < -0.3 is 4.74 Å². The quantitative estimate of drug-likeness (QED) is 0.573. The zero-order valence-electron chi connectivity index (χ0n) is 7.23. The molecule has 1 heterocycles. The summed E-state index contributed by atoms with van der Waals surface area (Å²) in [5.41, 5.74) is 1.32. The molecule has 0 N–H and O–H groups in total. The van der Waals surface area contributed by atoms with Crippen LogP contribution >= 0.6 is 0 Å². The fourth-order valence-corrected chi connectivity index (χ4v) is 0.798. The van der Waals surface area contributed by atoms with Crippen molar-refractivity contribution in [3.05, 3.63) is 35.9 Å². The summed E-state index contributed by atoms with van der Waals surface area (Å²) in [6.07, 6.45) is 1.49. The van der Waals surface area contributed by atoms with Gasteiger partial charge in [0.2, 0.25) is 0 Å². The lowest BCUT2D eigenvalue weighted by atomic mass is 10.2. The molecule has 0 unspecified atom stereocenters. The summed E-state index contributed by atoms with van der Waals surface area (Å²) in [5, 5.41) is 0. The number of hydrogen-bond acceptors (Lipinski definition) is 2. The van der Waals surface area contributed by atoms with E-state index < -0.39 is 0 Å². The van der Waals surface area contributed by atoms with Crippen LogP contribution in [0.2, 0.25) is 0 Å². The maximum absolute atomic E-state index is 4.65. The van der Waals surface area contributed by atoms with E-state index in [1.165, 1.54) is 12.0 Å². The number of hydrogen-bond donors (Lipinski definition) is 0. The molecule has 2 rings (SSSR count). The maximum Gasteiger partial charge on any atom is 0.169 e. The summed E-state index contributed by atoms with van der Waals surface area (Å²) >= 11 is 0. The molecule has 64 valence electrons. The number of nitrogens with zero attached hydrogens (tertiary/aromatic N) is 1. The third kappa shape index (κ3) is 3.76. The second kappa shape index (κ2) is 5.35. The van der Waals surface area contributed by atoms with Crippen LogP contribution in [-0.4, -0.2) is 19.6 Å². The molecule has 0 bridgehead atoms. The first-order valence-corrected chi connectivity index (χ1v) is 4.01. The van der Waals surface area contributed by atoms with Gasteiger partial charge in [0, 0.05) is 0 Å². The van der Waals surface area contributed by atoms with Crippen molar-refractivity contribution < 1.29 is 4.74 Å². The van der Waals surface area contributed by atoms with Gasteiger partial charge in [0.1, 0.15) is 6.61 Å². The monoisotopic (exact) mass is 163 g/mol. The average molecular weight is 163 g/mol. The van der Waals surface area contributed by atoms with Crippen LogP contribution in [-0.2, 0) is 4.74 Å². The van der Waals surface area contributed by atoms with Gasteiger partial charge in [0.25, 0.3) is 0 Å². The highest BCUT2D eigenvalue weighted by molar-refractivity contribution is 5.47. The lowest BCUT2D eigenvalue weighted by Gasteiger charge is -1.82. The molecule has 1 aromatic rings. The zero-order chi connectivity index (χ0) is 8.65. The fourth-order valence-electron chi connectivity index (χ4n) is 0.798. The third-order valence-corrected chi connectivity index (χ3v) is 1.43. The molecule has 0 fully saturated rings. The molecule has 0 atom stereocenters. The highest BCUT2D eigenvalue weighted by Crippen LogP contribution is 1.92. The van der Waals surface area contributed by atoms with E-state index in [0.29, 0.717) is 0 Å². The van der Waals surface area contributed by atoms with Crippen molar-refractivity contribution in [3.63, 3.8) is 0 Å². The van der Waals surface area contributed by atoms with Crippen LogP contribution in [0.4, 0.5) is 0 Å². The Labute approximate surface area is 72.9 Å². The van der Waals surface area contributed by atoms with E-state index in [4.69, 9.17) is 0 Å². The first-order chi connectivity index (χ1) is 5.89. The molecular formula is C10H13NO. The van der Waals surface area contributed by atoms with E-state index in [-0.39, 0.29) is 0 Å². The van der Waals surface area contributed by atoms with Crippen LogP contribution in [0.1, 0.15) is 5.56 Å². The van der Waals surface area contributed by atoms with Gasteiger partial charge >= 0.3 is 0 Å². The molecule has 12 heavy (non-hydrogen) atoms. The van der Waals surface area contributed by atoms with E-state index in [0.717, 1.165) is 13.2 Å². The SMILES string of the molecule is C1=NCCO1.Cc1ccccc1. The van der Waals surface area contributed by atoms with Crippen molar-refractivity contribution in [2.24, 2.45) is 4.99 Å². The van der Waals surface area contributed by atoms with E-state index in [1.807, 2.05) is 18.2 Å². The molecule has 2 nitrogen and oxygen atoms in total. The Kier molecular flexibility index (Phi) is 3.92. The molecule has 1 aliphatic rings. The second-order valence-corrected chi connectivity index (χ2v) is 2.54. The van der Waals surface area contributed by atoms with Crippen LogP contribution in [0.5, 0.6) is 0 Å². The van der Waals surface area contributed by atoms with Gasteiger partial charge in [-0.1, -0.05) is 35.9 Å². The summed E-state index contributed by atoms with van der Waals surface area (Å²) in [4.78, 5) is 3.74. The fraction of sp³-hybridized carbons (Fsp3) is 0.300. The lowest BCUT2D eigenvalue weighted by molar-refractivity contribution is 0.361. The third-order valence-electron chi connectivity index (χ3n) is 1.43. The second-order valence-electron chi connectivity index (χ2n) is 2.54. The molecule has 0 aromatic heterocycles. The van der Waals surface area contributed by atoms with Gasteiger partial charge in [-0.2, -0.15) is 0 Å². The van der Waals surface area contributed by atoms with Crippen molar-refractivity contribution in [1.29, 1.82) is 0 Å². The van der Waals surface area contributed by atoms with Gasteiger partial charge in [-0.15, -0.1) is 0 Å². The molecule has 2 heteroatoms. The predicted molar refractivity (Wildman–Crippen MR) is 50.5 cm³/mol. The molecule has 0 saturated carbocycles. The van der Waals surface area contributed by atoms with E-state index in [2.05, 4.69) is 28.8 Å². The standard InChI is InChI=1S/C7H8.C3H5NO/c1-7-5-3-2-4-6-7;1-2-5-3-4-1/h2-6H,1H3;3H,1-2H2. The van der Waals surface area contributed by atoms with Gasteiger partial charge in [0.05, 0.1) is 6.54 Å². The van der Waals surface area contributed by atoms with Crippen LogP contribution in [0.25, 0.3) is 0 Å². The minimum absolute atomic E-state index is 0.778. The van der Waals surface area contributed by atoms with Crippen molar-refractivity contribution in [3.8, 4) is 0 Å². The Hall–Kier alpha value is -1.31. The highest BCUT2D eigenvalue weighted by atomic mass is 16.5. The van der Waals surface area contributed by atoms with Gasteiger partial charge in [-0.25, -0.2) is 0 Å². The molecule has 0 amide bonds. The lowest BCUT2D eigenvalue weighted by Crippen LogP contribution is -1.80. The summed E-state index contributed by atoms with van der Waals surface area (Å²) < 4.78 is 4.65. The van der Waals surface area contributed by atoms with E-state index in [9.17, 15) is 0 Å². The van der Waals surface area contributed by atoms with E-state index in [1.54, 1.807) is 0 Å². The number of benzene rings is 1. The molecule has 1 aliphatic heterocycles. The first kappa shape index (κ1) is 8.78. The molecule has 1 aromatic carbocycles. The van der Waals surface area contributed by atoms with Gasteiger partial charge in [0.15, 0.2) is 6.40 Å². The Morgan fingerprint density at radius 1 is 1.25 bits per heavy atom. The predicted octanol–water partition coefficient (Wildman–Crippen LogP) is 2.04. The maximum atomic E-state index is 4.65. The minimum Gasteiger partial charge on any atom is -0.482 e. The highest BCUT2D eigenvalue weighted by Gasteiger charge is 1.84. The Morgan fingerprint density at radius 2 is 2.00 bits per heavy atom. The molecular weight excluding hydrogens is 150 g/mol. The molecule has 0 saturated heterocycles. The smallest absolute Gasteiger partial charge is 0.169 e. The Bertz CT molecular complexity index is 225. The van der Waals surface area contributed by atoms with Crippen LogP contribution < -0.4 is 0 Å². The first-order valence-electron chi connectivity index (χ1n) is 4.01. The topological polar surface area (TPSA) is 21.6 Å². The van der Waals surface area contributed by atoms with Crippen LogP contribution in [0.15, 0.2) is 35.3 Å². The van der Waals surface area contributed by atoms with Gasteiger partial charge in [-0.3, -0.25) is 4.99 Å². The summed E-state index contributed by atoms with van der Waals surface area (Å²) in [6, 6.07) is 10.3. The number of rotatable bonds is 0. The number of aryl methyl sites for hydroxylation is 1. The largest absolute Gasteiger partial charge is 0.482 e. The van der Waals surface area contributed by atoms with Gasteiger partial charge in [-0.05, 0) is 6.92 Å². The summed E-state index contributed by atoms with van der Waals surface area (Å²) in [5.74, 6) is 0. The average Bonchev–Trinajstić information content (AvgIpc) is 2.62. The van der Waals surface area contributed by atoms with Crippen molar-refractivity contribution in [2.45, 2.75) is 6.92 Å². The molecule has 0 radical (unpaired) electrons. The van der Waals surface area contributed by atoms with E-state index >= 15 is 0 Å². The number of ether oxygens (including phenoxy) is 1. The summed E-state index contributed by atoms with van der Waals surface area (Å²) in [6.45, 7) is 3.71. The molecule has 0 aliphatic carbocycles. The number of aliphatic imine (C=N–C) groups is 1. The van der Waals surface area contributed by atoms with Crippen molar-refractivity contribution in [1.82, 2.24) is 0 Å².